The lowest BCUT2D eigenvalue weighted by Gasteiger charge is -2.18. The zero-order valence-electron chi connectivity index (χ0n) is 18.6. The van der Waals surface area contributed by atoms with Crippen molar-refractivity contribution >= 4 is 61.6 Å². The molecule has 3 aromatic rings. The summed E-state index contributed by atoms with van der Waals surface area (Å²) in [6, 6.07) is 8.97. The molecule has 8 nitrogen and oxygen atoms in total. The van der Waals surface area contributed by atoms with Crippen LogP contribution in [0.15, 0.2) is 44.7 Å². The molecule has 1 atom stereocenters. The molecule has 0 aliphatic rings. The van der Waals surface area contributed by atoms with E-state index in [1.807, 2.05) is 26.0 Å². The minimum Gasteiger partial charge on any atom is -0.490 e. The smallest absolute Gasteiger partial charge is 0.346 e. The number of rotatable bonds is 8. The summed E-state index contributed by atoms with van der Waals surface area (Å²) in [6.07, 6.45) is 1.32. The Morgan fingerprint density at radius 1 is 1.30 bits per heavy atom. The van der Waals surface area contributed by atoms with Gasteiger partial charge in [-0.1, -0.05) is 22.9 Å². The van der Waals surface area contributed by atoms with Gasteiger partial charge >= 0.3 is 5.97 Å². The minimum absolute atomic E-state index is 0.249. The Hall–Kier alpha value is -2.47. The van der Waals surface area contributed by atoms with E-state index in [-0.39, 0.29) is 5.56 Å². The molecule has 0 N–H and O–H groups in total. The molecule has 0 fully saturated rings. The van der Waals surface area contributed by atoms with Crippen LogP contribution < -0.4 is 15.0 Å². The van der Waals surface area contributed by atoms with Gasteiger partial charge in [-0.05, 0) is 72.3 Å². The molecule has 0 unspecified atom stereocenters. The molecule has 0 spiro atoms. The summed E-state index contributed by atoms with van der Waals surface area (Å²) in [5.41, 5.74) is 1.08. The number of nitrogens with zero attached hydrogens (tertiary/aromatic N) is 3. The average Bonchev–Trinajstić information content (AvgIpc) is 2.80. The topological polar surface area (TPSA) is 92.0 Å². The summed E-state index contributed by atoms with van der Waals surface area (Å²) >= 11 is 5.51. The second-order valence-corrected chi connectivity index (χ2v) is 9.03. The Balaban J connectivity index is 2.03. The quantitative estimate of drug-likeness (QED) is 0.207. The first-order chi connectivity index (χ1) is 15.8. The van der Waals surface area contributed by atoms with E-state index in [2.05, 4.69) is 48.6 Å². The number of hydrogen-bond donors (Lipinski definition) is 0. The summed E-state index contributed by atoms with van der Waals surface area (Å²) < 4.78 is 19.1. The van der Waals surface area contributed by atoms with Crippen LogP contribution in [-0.2, 0) is 16.0 Å². The molecule has 0 amide bonds. The van der Waals surface area contributed by atoms with Crippen molar-refractivity contribution in [2.24, 2.45) is 5.10 Å². The van der Waals surface area contributed by atoms with Crippen LogP contribution in [-0.4, -0.2) is 41.7 Å². The number of fused-ring (bicyclic) bond motifs is 1. The molecule has 0 aliphatic carbocycles. The molecule has 174 valence electrons. The van der Waals surface area contributed by atoms with Crippen molar-refractivity contribution in [3.8, 4) is 11.5 Å². The molecule has 33 heavy (non-hydrogen) atoms. The van der Waals surface area contributed by atoms with Crippen LogP contribution in [0.5, 0.6) is 11.5 Å². The van der Waals surface area contributed by atoms with Gasteiger partial charge in [-0.15, -0.1) is 0 Å². The number of esters is 1. The molecule has 1 heterocycles. The predicted molar refractivity (Wildman–Crippen MR) is 139 cm³/mol. The van der Waals surface area contributed by atoms with Crippen LogP contribution in [0.2, 0.25) is 0 Å². The highest BCUT2D eigenvalue weighted by atomic mass is 127. The molecule has 0 bridgehead atoms. The van der Waals surface area contributed by atoms with Gasteiger partial charge in [-0.3, -0.25) is 4.79 Å². The van der Waals surface area contributed by atoms with Gasteiger partial charge in [0.15, 0.2) is 17.6 Å². The fourth-order valence-corrected chi connectivity index (χ4v) is 4.21. The van der Waals surface area contributed by atoms with Crippen LogP contribution >= 0.6 is 38.5 Å². The van der Waals surface area contributed by atoms with Crippen molar-refractivity contribution in [2.45, 2.75) is 33.3 Å². The third kappa shape index (κ3) is 5.72. The first-order valence-electron chi connectivity index (χ1n) is 10.2. The molecule has 2 aromatic carbocycles. The normalized spacial score (nSPS) is 12.2. The summed E-state index contributed by atoms with van der Waals surface area (Å²) in [6.45, 7) is 5.79. The summed E-state index contributed by atoms with van der Waals surface area (Å²) in [5.74, 6) is 0.972. The maximum absolute atomic E-state index is 13.1. The number of aryl methyl sites for hydroxylation is 1. The van der Waals surface area contributed by atoms with Gasteiger partial charge in [0.05, 0.1) is 34.4 Å². The monoisotopic (exact) mass is 627 g/mol. The third-order valence-corrected chi connectivity index (χ3v) is 5.97. The van der Waals surface area contributed by atoms with Crippen molar-refractivity contribution in [3.05, 3.63) is 60.1 Å². The van der Waals surface area contributed by atoms with Crippen molar-refractivity contribution in [1.82, 2.24) is 9.66 Å². The molecule has 0 saturated heterocycles. The zero-order valence-corrected chi connectivity index (χ0v) is 22.3. The Bertz CT molecular complexity index is 1280. The second kappa shape index (κ2) is 11.1. The lowest BCUT2D eigenvalue weighted by Crippen LogP contribution is -2.25. The highest BCUT2D eigenvalue weighted by Crippen LogP contribution is 2.34. The Morgan fingerprint density at radius 2 is 2.06 bits per heavy atom. The molecule has 3 rings (SSSR count). The van der Waals surface area contributed by atoms with E-state index < -0.39 is 12.1 Å². The number of carbonyl (C=O) groups excluding carboxylic acids is 1. The lowest BCUT2D eigenvalue weighted by atomic mass is 10.2. The van der Waals surface area contributed by atoms with Gasteiger partial charge in [-0.25, -0.2) is 9.78 Å². The van der Waals surface area contributed by atoms with Crippen molar-refractivity contribution < 1.29 is 19.0 Å². The standard InChI is InChI=1S/C23H23BrIN3O5/c1-5-20-27-18-8-7-15(24)11-16(18)22(29)28(20)26-12-14-9-17(25)21(19(10-14)32-6-2)33-13(3)23(30)31-4/h7-13H,5-6H2,1-4H3/t13-/m0/s1. The van der Waals surface area contributed by atoms with Gasteiger partial charge in [0.2, 0.25) is 0 Å². The number of carbonyl (C=O) groups is 1. The molecule has 0 saturated carbocycles. The highest BCUT2D eigenvalue weighted by Gasteiger charge is 2.20. The maximum atomic E-state index is 13.1. The number of methoxy groups -OCH3 is 1. The summed E-state index contributed by atoms with van der Waals surface area (Å²) in [5, 5.41) is 4.90. The average molecular weight is 628 g/mol. The molecular formula is C23H23BrIN3O5. The van der Waals surface area contributed by atoms with E-state index in [1.165, 1.54) is 11.8 Å². The Kier molecular flexibility index (Phi) is 8.46. The number of aromatic nitrogens is 2. The second-order valence-electron chi connectivity index (χ2n) is 6.95. The molecule has 10 heteroatoms. The molecule has 1 aromatic heterocycles. The fourth-order valence-electron chi connectivity index (χ4n) is 3.10. The fraction of sp³-hybridized carbons (Fsp3) is 0.304. The van der Waals surface area contributed by atoms with E-state index in [9.17, 15) is 9.59 Å². The Morgan fingerprint density at radius 3 is 2.73 bits per heavy atom. The zero-order chi connectivity index (χ0) is 24.1. The maximum Gasteiger partial charge on any atom is 0.346 e. The van der Waals surface area contributed by atoms with Gasteiger partial charge in [-0.2, -0.15) is 9.78 Å². The predicted octanol–water partition coefficient (Wildman–Crippen LogP) is 4.55. The molecule has 0 radical (unpaired) electrons. The number of halogens is 2. The van der Waals surface area contributed by atoms with E-state index in [1.54, 1.807) is 31.3 Å². The van der Waals surface area contributed by atoms with Crippen molar-refractivity contribution in [1.29, 1.82) is 0 Å². The first-order valence-corrected chi connectivity index (χ1v) is 12.1. The first kappa shape index (κ1) is 25.2. The van der Waals surface area contributed by atoms with E-state index >= 15 is 0 Å². The Labute approximate surface area is 213 Å². The molecule has 0 aliphatic heterocycles. The van der Waals surface area contributed by atoms with Gasteiger partial charge in [0.25, 0.3) is 5.56 Å². The van der Waals surface area contributed by atoms with Gasteiger partial charge in [0.1, 0.15) is 5.82 Å². The minimum atomic E-state index is -0.795. The number of ether oxygens (including phenoxy) is 3. The number of benzene rings is 2. The van der Waals surface area contributed by atoms with Crippen LogP contribution in [0.3, 0.4) is 0 Å². The molecular weight excluding hydrogens is 605 g/mol. The number of hydrogen-bond acceptors (Lipinski definition) is 7. The highest BCUT2D eigenvalue weighted by molar-refractivity contribution is 14.1. The summed E-state index contributed by atoms with van der Waals surface area (Å²) in [4.78, 5) is 29.4. The third-order valence-electron chi connectivity index (χ3n) is 4.67. The van der Waals surface area contributed by atoms with Gasteiger partial charge in [0, 0.05) is 10.9 Å². The van der Waals surface area contributed by atoms with Crippen molar-refractivity contribution in [3.63, 3.8) is 0 Å². The SMILES string of the molecule is CCOc1cc(C=Nn2c(CC)nc3ccc(Br)cc3c2=O)cc(I)c1O[C@@H](C)C(=O)OC. The van der Waals surface area contributed by atoms with E-state index in [4.69, 9.17) is 14.2 Å². The van der Waals surface area contributed by atoms with Crippen molar-refractivity contribution in [2.75, 3.05) is 13.7 Å². The van der Waals surface area contributed by atoms with Crippen LogP contribution in [0.4, 0.5) is 0 Å². The summed E-state index contributed by atoms with van der Waals surface area (Å²) in [7, 11) is 1.31. The van der Waals surface area contributed by atoms with Crippen LogP contribution in [0, 0.1) is 3.57 Å². The van der Waals surface area contributed by atoms with Crippen LogP contribution in [0.25, 0.3) is 10.9 Å². The van der Waals surface area contributed by atoms with E-state index in [0.29, 0.717) is 46.8 Å². The largest absolute Gasteiger partial charge is 0.490 e. The lowest BCUT2D eigenvalue weighted by molar-refractivity contribution is -0.148. The van der Waals surface area contributed by atoms with Crippen LogP contribution in [0.1, 0.15) is 32.2 Å². The van der Waals surface area contributed by atoms with E-state index in [0.717, 1.165) is 8.04 Å². The van der Waals surface area contributed by atoms with Gasteiger partial charge < -0.3 is 14.2 Å².